The number of esters is 1. The number of ether oxygens (including phenoxy) is 1. The molecule has 0 saturated heterocycles. The van der Waals surface area contributed by atoms with E-state index in [0.717, 1.165) is 56.1 Å². The molecular weight excluding hydrogens is 1030 g/mol. The monoisotopic (exact) mass is 1100 g/mol. The molecule has 77 heavy (non-hydrogen) atoms. The largest absolute Gasteiger partial charge is 0.481 e. The van der Waals surface area contributed by atoms with Crippen LogP contribution in [0.1, 0.15) is 193 Å². The fourth-order valence-electron chi connectivity index (χ4n) is 17.9. The third-order valence-corrected chi connectivity index (χ3v) is 23.1. The number of fused-ring (bicyclic) bond motifs is 4. The summed E-state index contributed by atoms with van der Waals surface area (Å²) in [4.78, 5) is 55.9. The molecule has 14 rings (SSSR count). The van der Waals surface area contributed by atoms with E-state index in [-0.39, 0.29) is 35.2 Å². The number of benzene rings is 2. The minimum atomic E-state index is -2.78. The second kappa shape index (κ2) is 17.3. The van der Waals surface area contributed by atoms with Gasteiger partial charge >= 0.3 is 11.9 Å². The number of carbonyl (C=O) groups is 4. The lowest BCUT2D eigenvalue weighted by atomic mass is 9.56. The number of hydrogen-bond donors (Lipinski definition) is 1. The Morgan fingerprint density at radius 3 is 1.31 bits per heavy atom. The number of aliphatic carboxylic acids is 1. The molecule has 10 aliphatic carbocycles. The maximum atomic E-state index is 14.9. The van der Waals surface area contributed by atoms with Crippen molar-refractivity contribution in [1.29, 1.82) is 0 Å². The van der Waals surface area contributed by atoms with Crippen LogP contribution >= 0.6 is 23.2 Å². The lowest BCUT2D eigenvalue weighted by Gasteiger charge is -2.56. The van der Waals surface area contributed by atoms with Crippen molar-refractivity contribution in [2.24, 2.45) is 57.2 Å². The second-order valence-electron chi connectivity index (χ2n) is 28.8. The van der Waals surface area contributed by atoms with Gasteiger partial charge in [-0.1, -0.05) is 117 Å². The molecule has 0 aromatic heterocycles. The van der Waals surface area contributed by atoms with Crippen LogP contribution in [0.15, 0.2) is 59.9 Å². The van der Waals surface area contributed by atoms with E-state index < -0.39 is 79.5 Å². The zero-order chi connectivity index (χ0) is 56.0. The Morgan fingerprint density at radius 1 is 0.610 bits per heavy atom. The van der Waals surface area contributed by atoms with Gasteiger partial charge in [0.15, 0.2) is 0 Å². The summed E-state index contributed by atoms with van der Waals surface area (Å²) in [6.07, 6.45) is 13.6. The molecule has 10 saturated carbocycles. The molecule has 6 unspecified atom stereocenters. The van der Waals surface area contributed by atoms with Gasteiger partial charge in [0.1, 0.15) is 0 Å². The van der Waals surface area contributed by atoms with Crippen molar-refractivity contribution in [3.8, 4) is 0 Å². The number of alkyl halides is 4. The number of amides is 2. The van der Waals surface area contributed by atoms with Crippen molar-refractivity contribution in [1.82, 2.24) is 9.80 Å². The highest BCUT2D eigenvalue weighted by Crippen LogP contribution is 2.72. The highest BCUT2D eigenvalue weighted by atomic mass is 35.5. The quantitative estimate of drug-likeness (QED) is 0.209. The summed E-state index contributed by atoms with van der Waals surface area (Å²) >= 11 is 13.5. The van der Waals surface area contributed by atoms with E-state index in [1.165, 1.54) is 18.3 Å². The predicted molar refractivity (Wildman–Crippen MR) is 289 cm³/mol. The molecule has 418 valence electrons. The van der Waals surface area contributed by atoms with Crippen LogP contribution in [0, 0.1) is 57.2 Å². The topological polar surface area (TPSA) is 104 Å². The average Bonchev–Trinajstić information content (AvgIpc) is 3.72. The van der Waals surface area contributed by atoms with Gasteiger partial charge in [0, 0.05) is 69.0 Å². The fraction of sp³-hybridized carbons (Fsp3) is 0.683. The lowest BCUT2D eigenvalue weighted by Crippen LogP contribution is -2.61. The highest BCUT2D eigenvalue weighted by Gasteiger charge is 2.74. The number of carbonyl (C=O) groups excluding carboxylic acids is 3. The molecule has 0 radical (unpaired) electrons. The summed E-state index contributed by atoms with van der Waals surface area (Å²) in [6.45, 7) is 20.1. The van der Waals surface area contributed by atoms with Gasteiger partial charge in [-0.05, 0) is 157 Å². The van der Waals surface area contributed by atoms with Crippen molar-refractivity contribution in [3.63, 3.8) is 0 Å². The Balaban J connectivity index is 0.000000164. The zero-order valence-electron chi connectivity index (χ0n) is 46.8. The van der Waals surface area contributed by atoms with Crippen LogP contribution < -0.4 is 0 Å². The van der Waals surface area contributed by atoms with Gasteiger partial charge in [-0.25, -0.2) is 17.6 Å². The minimum Gasteiger partial charge on any atom is -0.481 e. The average molecular weight is 1110 g/mol. The standard InChI is InChI=1S/C32H40ClF2NO3.C31H38ClF2NO3/c1-18-9-10-31(20-7-8-21(23(33)13-20)25-26(28(3,4)5)32(25,34)35)14-24(37)36(15-22(31)19(18)2)30-12-11-29(16-30,17-30)27(38)39-6;1-17-8-9-30(19-6-7-20(22(32)12-19)24-25(27(3,4)5)31(24,33)34)13-23(36)35(14-21(30)18(17)2)29-11-10-28(15-29,16-29)26(37)38/h7-8,13,15,18-19,25-26H,9-12,14,16-17H2,1-6H3;6-7,12,14,17-18,24-25H,8-11,13,15-16H2,1-5H3,(H,37,38)/t18-,19+,25?,26?,29?,30?,31?;17-,18+,24?,25?,28?,29?,30?/m00/s1. The summed E-state index contributed by atoms with van der Waals surface area (Å²) in [5.74, 6) is -8.23. The Morgan fingerprint density at radius 2 is 0.987 bits per heavy atom. The van der Waals surface area contributed by atoms with Crippen LogP contribution in [0.4, 0.5) is 17.6 Å². The predicted octanol–water partition coefficient (Wildman–Crippen LogP) is 15.2. The first-order chi connectivity index (χ1) is 35.7. The first-order valence-corrected chi connectivity index (χ1v) is 29.2. The number of carboxylic acids is 1. The van der Waals surface area contributed by atoms with Gasteiger partial charge in [0.25, 0.3) is 11.8 Å². The van der Waals surface area contributed by atoms with Crippen LogP contribution in [0.5, 0.6) is 0 Å². The summed E-state index contributed by atoms with van der Waals surface area (Å²) in [6, 6.07) is 11.2. The molecule has 2 amide bonds. The van der Waals surface area contributed by atoms with Crippen LogP contribution in [0.3, 0.4) is 0 Å². The number of allylic oxidation sites excluding steroid dienone is 2. The number of halogens is 6. The van der Waals surface area contributed by atoms with E-state index in [1.807, 2.05) is 75.6 Å². The first-order valence-electron chi connectivity index (χ1n) is 28.5. The van der Waals surface area contributed by atoms with E-state index in [2.05, 4.69) is 40.1 Å². The number of hydrogen-bond acceptors (Lipinski definition) is 5. The van der Waals surface area contributed by atoms with Gasteiger partial charge in [-0.2, -0.15) is 0 Å². The fourth-order valence-corrected chi connectivity index (χ4v) is 18.5. The Labute approximate surface area is 462 Å². The van der Waals surface area contributed by atoms with Crippen LogP contribution in [-0.4, -0.2) is 68.7 Å². The molecule has 2 aromatic carbocycles. The van der Waals surface area contributed by atoms with Crippen molar-refractivity contribution in [2.75, 3.05) is 7.11 Å². The summed E-state index contributed by atoms with van der Waals surface area (Å²) < 4.78 is 64.5. The molecule has 10 fully saturated rings. The maximum Gasteiger partial charge on any atom is 0.311 e. The van der Waals surface area contributed by atoms with E-state index >= 15 is 0 Å². The van der Waals surface area contributed by atoms with Gasteiger partial charge in [0.2, 0.25) is 11.8 Å². The molecule has 0 spiro atoms. The molecule has 12 aliphatic rings. The Kier molecular flexibility index (Phi) is 12.4. The highest BCUT2D eigenvalue weighted by molar-refractivity contribution is 6.32. The smallest absolute Gasteiger partial charge is 0.311 e. The molecule has 2 heterocycles. The van der Waals surface area contributed by atoms with E-state index in [9.17, 15) is 41.8 Å². The molecule has 4 bridgehead atoms. The second-order valence-corrected chi connectivity index (χ2v) is 29.6. The van der Waals surface area contributed by atoms with Crippen LogP contribution in [-0.2, 0) is 34.7 Å². The number of rotatable bonds is 8. The zero-order valence-corrected chi connectivity index (χ0v) is 48.3. The van der Waals surface area contributed by atoms with Crippen LogP contribution in [0.25, 0.3) is 0 Å². The third-order valence-electron chi connectivity index (χ3n) is 22.5. The van der Waals surface area contributed by atoms with Crippen molar-refractivity contribution < 1.29 is 46.6 Å². The third kappa shape index (κ3) is 7.88. The van der Waals surface area contributed by atoms with E-state index in [4.69, 9.17) is 27.9 Å². The molecule has 8 nitrogen and oxygen atoms in total. The van der Waals surface area contributed by atoms with Gasteiger partial charge in [-0.3, -0.25) is 19.2 Å². The van der Waals surface area contributed by atoms with E-state index in [0.29, 0.717) is 78.0 Å². The lowest BCUT2D eigenvalue weighted by molar-refractivity contribution is -0.165. The molecule has 1 N–H and O–H groups in total. The summed E-state index contributed by atoms with van der Waals surface area (Å²) in [5.41, 5.74) is 1.40. The molecule has 14 heteroatoms. The Bertz CT molecular complexity index is 2930. The Hall–Kier alpha value is -3.90. The van der Waals surface area contributed by atoms with Gasteiger partial charge in [-0.15, -0.1) is 0 Å². The van der Waals surface area contributed by atoms with Crippen molar-refractivity contribution in [3.05, 3.63) is 92.2 Å². The number of carboxylic acid groups (broad SMARTS) is 1. The molecule has 10 atom stereocenters. The summed E-state index contributed by atoms with van der Waals surface area (Å²) in [7, 11) is 1.44. The number of nitrogens with zero attached hydrogens (tertiary/aromatic N) is 2. The van der Waals surface area contributed by atoms with Crippen molar-refractivity contribution in [2.45, 2.75) is 205 Å². The SMILES string of the molecule is COC(=O)C12CCC(N3C=C4[C@H](C)[C@@H](C)CCC4(c4ccc(C5C(C(C)(C)C)C5(F)F)c(Cl)c4)CC3=O)(C1)C2.C[C@H]1CCC2(c3ccc(C4C(C(C)(C)C)C4(F)F)c(Cl)c3)CC(=O)N(C34CCC(C(=O)O)(C3)C4)C=C2[C@@H]1C. The van der Waals surface area contributed by atoms with Gasteiger partial charge in [0.05, 0.1) is 29.8 Å². The van der Waals surface area contributed by atoms with Gasteiger partial charge < -0.3 is 19.6 Å². The number of methoxy groups -OCH3 is 1. The van der Waals surface area contributed by atoms with Crippen LogP contribution in [0.2, 0.25) is 10.0 Å². The minimum absolute atomic E-state index is 0.0260. The maximum absolute atomic E-state index is 14.9. The van der Waals surface area contributed by atoms with E-state index in [1.54, 1.807) is 12.1 Å². The normalized spacial score (nSPS) is 40.9. The molecule has 2 aliphatic heterocycles. The van der Waals surface area contributed by atoms with Crippen molar-refractivity contribution >= 4 is 47.0 Å². The molecular formula is C63H78Cl2F4N2O6. The molecule has 2 aromatic rings. The summed E-state index contributed by atoms with van der Waals surface area (Å²) in [5, 5.41) is 10.5. The first kappa shape index (κ1) is 55.0.